The predicted molar refractivity (Wildman–Crippen MR) is 125 cm³/mol. The molecule has 0 bridgehead atoms. The molecule has 0 aliphatic rings. The van der Waals surface area contributed by atoms with Gasteiger partial charge in [-0.05, 0) is 70.9 Å². The normalized spacial score (nSPS) is 11.1. The Labute approximate surface area is 203 Å². The second-order valence-corrected chi connectivity index (χ2v) is 9.00. The van der Waals surface area contributed by atoms with Gasteiger partial charge >= 0.3 is 0 Å². The first-order valence-corrected chi connectivity index (χ1v) is 11.1. The zero-order chi connectivity index (χ0) is 23.0. The summed E-state index contributed by atoms with van der Waals surface area (Å²) in [6, 6.07) is 10.3. The van der Waals surface area contributed by atoms with Gasteiger partial charge < -0.3 is 14.5 Å². The number of aromatic nitrogens is 1. The van der Waals surface area contributed by atoms with Crippen LogP contribution in [-0.2, 0) is 4.79 Å². The number of anilines is 1. The van der Waals surface area contributed by atoms with Crippen LogP contribution < -0.4 is 10.1 Å². The number of nitrogens with one attached hydrogen (secondary N) is 1. The van der Waals surface area contributed by atoms with Crippen LogP contribution in [-0.4, -0.2) is 17.5 Å². The molecule has 1 N–H and O–H groups in total. The molecular formula is C22H13Br2ClF2N2O3. The maximum Gasteiger partial charge on any atom is 0.262 e. The van der Waals surface area contributed by atoms with Crippen LogP contribution in [0.5, 0.6) is 5.75 Å². The van der Waals surface area contributed by atoms with Gasteiger partial charge in [-0.25, -0.2) is 13.8 Å². The zero-order valence-electron chi connectivity index (χ0n) is 16.3. The van der Waals surface area contributed by atoms with Crippen LogP contribution in [0.15, 0.2) is 55.8 Å². The summed E-state index contributed by atoms with van der Waals surface area (Å²) in [5.74, 6) is -1.89. The third-order valence-corrected chi connectivity index (χ3v) is 5.81. The van der Waals surface area contributed by atoms with Crippen molar-refractivity contribution in [3.05, 3.63) is 73.6 Å². The second-order valence-electron chi connectivity index (χ2n) is 6.82. The van der Waals surface area contributed by atoms with Crippen LogP contribution in [0.1, 0.15) is 5.56 Å². The van der Waals surface area contributed by atoms with Crippen LogP contribution in [0.25, 0.3) is 22.6 Å². The fraction of sp³-hybridized carbons (Fsp3) is 0.0909. The molecule has 0 saturated carbocycles. The molecule has 0 spiro atoms. The largest absolute Gasteiger partial charge is 0.482 e. The van der Waals surface area contributed by atoms with Crippen LogP contribution >= 0.6 is 43.5 Å². The number of rotatable bonds is 5. The summed E-state index contributed by atoms with van der Waals surface area (Å²) >= 11 is 12.8. The number of carbonyl (C=O) groups excluding carboxylic acids is 1. The monoisotopic (exact) mass is 584 g/mol. The quantitative estimate of drug-likeness (QED) is 0.250. The van der Waals surface area contributed by atoms with E-state index in [-0.39, 0.29) is 29.0 Å². The topological polar surface area (TPSA) is 64.4 Å². The molecule has 0 radical (unpaired) electrons. The molecule has 0 aliphatic carbocycles. The summed E-state index contributed by atoms with van der Waals surface area (Å²) in [7, 11) is 0. The van der Waals surface area contributed by atoms with Crippen molar-refractivity contribution in [1.29, 1.82) is 0 Å². The zero-order valence-corrected chi connectivity index (χ0v) is 20.2. The lowest BCUT2D eigenvalue weighted by atomic mass is 10.2. The van der Waals surface area contributed by atoms with Crippen molar-refractivity contribution in [2.45, 2.75) is 6.92 Å². The lowest BCUT2D eigenvalue weighted by molar-refractivity contribution is -0.118. The van der Waals surface area contributed by atoms with E-state index < -0.39 is 11.6 Å². The van der Waals surface area contributed by atoms with Crippen LogP contribution in [0, 0.1) is 18.6 Å². The number of ether oxygens (including phenoxy) is 1. The van der Waals surface area contributed by atoms with E-state index in [4.69, 9.17) is 20.8 Å². The molecule has 1 aromatic heterocycles. The second kappa shape index (κ2) is 9.17. The van der Waals surface area contributed by atoms with Crippen molar-refractivity contribution >= 4 is 66.2 Å². The Morgan fingerprint density at radius 1 is 1.16 bits per heavy atom. The number of halogens is 5. The van der Waals surface area contributed by atoms with Crippen molar-refractivity contribution in [2.24, 2.45) is 0 Å². The number of fused-ring (bicyclic) bond motifs is 1. The highest BCUT2D eigenvalue weighted by atomic mass is 79.9. The van der Waals surface area contributed by atoms with E-state index in [9.17, 15) is 13.6 Å². The lowest BCUT2D eigenvalue weighted by Gasteiger charge is -2.12. The Kier molecular flexibility index (Phi) is 6.50. The molecule has 4 aromatic rings. The predicted octanol–water partition coefficient (Wildman–Crippen LogP) is 7.28. The molecule has 3 aromatic carbocycles. The first kappa shape index (κ1) is 22.7. The molecule has 0 saturated heterocycles. The Hall–Kier alpha value is -2.49. The number of carbonyl (C=O) groups is 1. The van der Waals surface area contributed by atoms with Gasteiger partial charge in [-0.2, -0.15) is 0 Å². The summed E-state index contributed by atoms with van der Waals surface area (Å²) in [5.41, 5.74) is 2.26. The highest BCUT2D eigenvalue weighted by Crippen LogP contribution is 2.33. The maximum absolute atomic E-state index is 13.6. The maximum atomic E-state index is 13.6. The first-order valence-electron chi connectivity index (χ1n) is 9.15. The van der Waals surface area contributed by atoms with Gasteiger partial charge in [0.15, 0.2) is 23.8 Å². The van der Waals surface area contributed by atoms with E-state index in [2.05, 4.69) is 42.2 Å². The average molecular weight is 587 g/mol. The molecule has 0 aliphatic heterocycles. The molecule has 0 unspecified atom stereocenters. The number of nitrogens with zero attached hydrogens (tertiary/aromatic N) is 1. The number of benzene rings is 3. The summed E-state index contributed by atoms with van der Waals surface area (Å²) in [5, 5.41) is 2.69. The van der Waals surface area contributed by atoms with Crippen molar-refractivity contribution in [1.82, 2.24) is 4.98 Å². The van der Waals surface area contributed by atoms with Gasteiger partial charge in [-0.3, -0.25) is 4.79 Å². The SMILES string of the molecule is Cc1cc(Br)cc(Br)c1OCC(=O)Nc1ccc2oc(-c3cc(F)c(F)cc3Cl)nc2c1. The minimum Gasteiger partial charge on any atom is -0.482 e. The van der Waals surface area contributed by atoms with Crippen molar-refractivity contribution in [3.63, 3.8) is 0 Å². The van der Waals surface area contributed by atoms with Crippen molar-refractivity contribution in [2.75, 3.05) is 11.9 Å². The molecule has 164 valence electrons. The Balaban J connectivity index is 1.50. The summed E-state index contributed by atoms with van der Waals surface area (Å²) < 4.78 is 39.8. The van der Waals surface area contributed by atoms with Gasteiger partial charge in [0.05, 0.1) is 15.1 Å². The highest BCUT2D eigenvalue weighted by molar-refractivity contribution is 9.11. The summed E-state index contributed by atoms with van der Waals surface area (Å²) in [6.07, 6.45) is 0. The highest BCUT2D eigenvalue weighted by Gasteiger charge is 2.16. The molecule has 32 heavy (non-hydrogen) atoms. The Morgan fingerprint density at radius 3 is 2.66 bits per heavy atom. The first-order chi connectivity index (χ1) is 15.2. The van der Waals surface area contributed by atoms with E-state index in [1.54, 1.807) is 18.2 Å². The van der Waals surface area contributed by atoms with Crippen LogP contribution in [0.3, 0.4) is 0 Å². The molecular weight excluding hydrogens is 574 g/mol. The number of amides is 1. The van der Waals surface area contributed by atoms with Gasteiger partial charge in [0.1, 0.15) is 11.3 Å². The average Bonchev–Trinajstić information content (AvgIpc) is 3.13. The van der Waals surface area contributed by atoms with Gasteiger partial charge in [0.25, 0.3) is 5.91 Å². The fourth-order valence-corrected chi connectivity index (χ4v) is 4.80. The molecule has 1 amide bonds. The molecule has 10 heteroatoms. The number of hydrogen-bond acceptors (Lipinski definition) is 4. The minimum absolute atomic E-state index is 0.0319. The Bertz CT molecular complexity index is 1340. The lowest BCUT2D eigenvalue weighted by Crippen LogP contribution is -2.20. The fourth-order valence-electron chi connectivity index (χ4n) is 3.01. The molecule has 0 fully saturated rings. The molecule has 0 atom stereocenters. The number of oxazole rings is 1. The van der Waals surface area contributed by atoms with Crippen LogP contribution in [0.2, 0.25) is 5.02 Å². The van der Waals surface area contributed by atoms with Crippen molar-refractivity contribution < 1.29 is 22.7 Å². The van der Waals surface area contributed by atoms with E-state index in [0.717, 1.165) is 26.6 Å². The van der Waals surface area contributed by atoms with Crippen LogP contribution in [0.4, 0.5) is 14.5 Å². The summed E-state index contributed by atoms with van der Waals surface area (Å²) in [6.45, 7) is 1.67. The Morgan fingerprint density at radius 2 is 1.91 bits per heavy atom. The summed E-state index contributed by atoms with van der Waals surface area (Å²) in [4.78, 5) is 16.6. The smallest absolute Gasteiger partial charge is 0.262 e. The standard InChI is InChI=1S/C22H13Br2ClF2N2O3/c1-10-4-11(23)5-14(24)21(10)31-9-20(30)28-12-2-3-19-18(6-12)29-22(32-19)13-7-16(26)17(27)8-15(13)25/h2-8H,9H2,1H3,(H,28,30). The third-order valence-electron chi connectivity index (χ3n) is 4.45. The number of aryl methyl sites for hydroxylation is 1. The molecule has 5 nitrogen and oxygen atoms in total. The van der Waals surface area contributed by atoms with E-state index >= 15 is 0 Å². The van der Waals surface area contributed by atoms with E-state index in [0.29, 0.717) is 22.5 Å². The van der Waals surface area contributed by atoms with Gasteiger partial charge in [0, 0.05) is 10.2 Å². The van der Waals surface area contributed by atoms with Gasteiger partial charge in [-0.1, -0.05) is 27.5 Å². The van der Waals surface area contributed by atoms with Crippen molar-refractivity contribution in [3.8, 4) is 17.2 Å². The van der Waals surface area contributed by atoms with E-state index in [1.807, 2.05) is 19.1 Å². The van der Waals surface area contributed by atoms with E-state index in [1.165, 1.54) is 0 Å². The van der Waals surface area contributed by atoms with Gasteiger partial charge in [-0.15, -0.1) is 0 Å². The molecule has 1 heterocycles. The molecule has 4 rings (SSSR count). The van der Waals surface area contributed by atoms with Gasteiger partial charge in [0.2, 0.25) is 5.89 Å². The third kappa shape index (κ3) is 4.79. The number of hydrogen-bond donors (Lipinski definition) is 1. The minimum atomic E-state index is -1.06.